The van der Waals surface area contributed by atoms with Crippen molar-refractivity contribution >= 4 is 11.7 Å². The first kappa shape index (κ1) is 13.1. The average molecular weight is 249 g/mol. The van der Waals surface area contributed by atoms with Gasteiger partial charge in [0.1, 0.15) is 0 Å². The van der Waals surface area contributed by atoms with E-state index < -0.39 is 24.1 Å². The molecule has 2 N–H and O–H groups in total. The number of hydrogen-bond donors (Lipinski definition) is 1. The molecule has 0 aromatic heterocycles. The van der Waals surface area contributed by atoms with E-state index >= 15 is 0 Å². The van der Waals surface area contributed by atoms with E-state index in [0.29, 0.717) is 6.07 Å². The highest BCUT2D eigenvalue weighted by molar-refractivity contribution is 5.95. The first-order valence-corrected chi connectivity index (χ1v) is 4.66. The fraction of sp³-hybridized carbons (Fsp3) is 0.300. The minimum Gasteiger partial charge on any atom is -0.462 e. The number of esters is 1. The molecule has 0 aliphatic heterocycles. The fourth-order valence-corrected chi connectivity index (χ4v) is 1.14. The number of alkyl halides is 2. The number of ether oxygens (including phenoxy) is 2. The number of halogens is 3. The molecule has 1 aromatic carbocycles. The highest BCUT2D eigenvalue weighted by Gasteiger charge is 2.17. The molecular weight excluding hydrogens is 239 g/mol. The largest absolute Gasteiger partial charge is 0.462 e. The van der Waals surface area contributed by atoms with Gasteiger partial charge in [-0.2, -0.15) is 8.78 Å². The Kier molecular flexibility index (Phi) is 4.19. The molecule has 1 aromatic rings. The van der Waals surface area contributed by atoms with Crippen LogP contribution in [0.3, 0.4) is 0 Å². The molecule has 0 radical (unpaired) electrons. The third kappa shape index (κ3) is 3.27. The van der Waals surface area contributed by atoms with Gasteiger partial charge in [-0.25, -0.2) is 9.18 Å². The van der Waals surface area contributed by atoms with Gasteiger partial charge in [-0.05, 0) is 13.0 Å². The smallest absolute Gasteiger partial charge is 0.387 e. The second-order valence-corrected chi connectivity index (χ2v) is 2.97. The van der Waals surface area contributed by atoms with Crippen molar-refractivity contribution in [3.8, 4) is 5.75 Å². The molecule has 0 saturated heterocycles. The van der Waals surface area contributed by atoms with Crippen LogP contribution in [0, 0.1) is 5.82 Å². The summed E-state index contributed by atoms with van der Waals surface area (Å²) in [6, 6.07) is 1.51. The van der Waals surface area contributed by atoms with Crippen molar-refractivity contribution in [1.29, 1.82) is 0 Å². The van der Waals surface area contributed by atoms with Crippen LogP contribution in [-0.2, 0) is 4.74 Å². The summed E-state index contributed by atoms with van der Waals surface area (Å²) in [6.45, 7) is -1.51. The second-order valence-electron chi connectivity index (χ2n) is 2.97. The number of anilines is 1. The maximum Gasteiger partial charge on any atom is 0.387 e. The SMILES string of the molecule is CCOC(=O)c1cc(F)c(OC(F)F)cc1N. The Labute approximate surface area is 95.1 Å². The lowest BCUT2D eigenvalue weighted by molar-refractivity contribution is -0.0521. The normalized spacial score (nSPS) is 10.4. The Bertz CT molecular complexity index is 424. The Morgan fingerprint density at radius 2 is 2.12 bits per heavy atom. The number of carbonyl (C=O) groups is 1. The summed E-state index contributed by atoms with van der Waals surface area (Å²) in [5.41, 5.74) is 4.98. The third-order valence-electron chi connectivity index (χ3n) is 1.82. The van der Waals surface area contributed by atoms with Crippen LogP contribution in [0.25, 0.3) is 0 Å². The molecule has 0 aliphatic carbocycles. The summed E-state index contributed by atoms with van der Waals surface area (Å²) >= 11 is 0. The number of hydrogen-bond acceptors (Lipinski definition) is 4. The summed E-state index contributed by atoms with van der Waals surface area (Å²) in [4.78, 5) is 11.3. The van der Waals surface area contributed by atoms with Gasteiger partial charge in [-0.1, -0.05) is 0 Å². The molecule has 4 nitrogen and oxygen atoms in total. The van der Waals surface area contributed by atoms with Gasteiger partial charge < -0.3 is 15.2 Å². The van der Waals surface area contributed by atoms with E-state index in [9.17, 15) is 18.0 Å². The van der Waals surface area contributed by atoms with Crippen molar-refractivity contribution in [3.05, 3.63) is 23.5 Å². The zero-order chi connectivity index (χ0) is 13.0. The van der Waals surface area contributed by atoms with Crippen molar-refractivity contribution in [2.45, 2.75) is 13.5 Å². The van der Waals surface area contributed by atoms with E-state index in [1.807, 2.05) is 0 Å². The Balaban J connectivity index is 3.04. The highest BCUT2D eigenvalue weighted by atomic mass is 19.3. The molecule has 0 heterocycles. The number of nitrogens with two attached hydrogens (primary N) is 1. The van der Waals surface area contributed by atoms with Crippen LogP contribution in [0.1, 0.15) is 17.3 Å². The topological polar surface area (TPSA) is 61.5 Å². The molecular formula is C10H10F3NO3. The fourth-order valence-electron chi connectivity index (χ4n) is 1.14. The summed E-state index contributed by atoms with van der Waals surface area (Å²) in [5, 5.41) is 0. The molecule has 7 heteroatoms. The number of benzene rings is 1. The molecule has 0 saturated carbocycles. The standard InChI is InChI=1S/C10H10F3NO3/c1-2-16-9(15)5-3-6(11)8(4-7(5)14)17-10(12)13/h3-4,10H,2,14H2,1H3. The van der Waals surface area contributed by atoms with Crippen molar-refractivity contribution < 1.29 is 27.4 Å². The summed E-state index contributed by atoms with van der Waals surface area (Å²) in [5.74, 6) is -2.65. The lowest BCUT2D eigenvalue weighted by Gasteiger charge is -2.09. The quantitative estimate of drug-likeness (QED) is 0.656. The van der Waals surface area contributed by atoms with E-state index in [2.05, 4.69) is 9.47 Å². The first-order chi connectivity index (χ1) is 7.95. The first-order valence-electron chi connectivity index (χ1n) is 4.66. The van der Waals surface area contributed by atoms with Crippen LogP contribution in [0.5, 0.6) is 5.75 Å². The molecule has 1 rings (SSSR count). The van der Waals surface area contributed by atoms with E-state index in [1.54, 1.807) is 6.92 Å². The second kappa shape index (κ2) is 5.42. The lowest BCUT2D eigenvalue weighted by Crippen LogP contribution is -2.10. The van der Waals surface area contributed by atoms with Gasteiger partial charge in [0.2, 0.25) is 0 Å². The van der Waals surface area contributed by atoms with Crippen LogP contribution in [0.4, 0.5) is 18.9 Å². The molecule has 0 spiro atoms. The molecule has 17 heavy (non-hydrogen) atoms. The van der Waals surface area contributed by atoms with Crippen LogP contribution < -0.4 is 10.5 Å². The zero-order valence-electron chi connectivity index (χ0n) is 8.88. The molecule has 94 valence electrons. The maximum atomic E-state index is 13.3. The predicted molar refractivity (Wildman–Crippen MR) is 53.4 cm³/mol. The monoisotopic (exact) mass is 249 g/mol. The van der Waals surface area contributed by atoms with Gasteiger partial charge in [0, 0.05) is 6.07 Å². The molecule has 0 atom stereocenters. The van der Waals surface area contributed by atoms with Gasteiger partial charge in [-0.3, -0.25) is 0 Å². The van der Waals surface area contributed by atoms with E-state index in [0.717, 1.165) is 6.07 Å². The summed E-state index contributed by atoms with van der Waals surface area (Å²) in [7, 11) is 0. The van der Waals surface area contributed by atoms with Crippen LogP contribution in [-0.4, -0.2) is 19.2 Å². The third-order valence-corrected chi connectivity index (χ3v) is 1.82. The number of rotatable bonds is 4. The Morgan fingerprint density at radius 3 is 2.65 bits per heavy atom. The lowest BCUT2D eigenvalue weighted by atomic mass is 10.1. The van der Waals surface area contributed by atoms with Crippen molar-refractivity contribution in [2.24, 2.45) is 0 Å². The van der Waals surface area contributed by atoms with Crippen molar-refractivity contribution in [3.63, 3.8) is 0 Å². The maximum absolute atomic E-state index is 13.3. The van der Waals surface area contributed by atoms with Crippen LogP contribution in [0.2, 0.25) is 0 Å². The highest BCUT2D eigenvalue weighted by Crippen LogP contribution is 2.26. The van der Waals surface area contributed by atoms with Crippen molar-refractivity contribution in [1.82, 2.24) is 0 Å². The van der Waals surface area contributed by atoms with Crippen LogP contribution in [0.15, 0.2) is 12.1 Å². The summed E-state index contributed by atoms with van der Waals surface area (Å²) < 4.78 is 45.5. The van der Waals surface area contributed by atoms with Gasteiger partial charge in [0.25, 0.3) is 0 Å². The van der Waals surface area contributed by atoms with Crippen LogP contribution >= 0.6 is 0 Å². The molecule has 0 aliphatic rings. The van der Waals surface area contributed by atoms with E-state index in [1.165, 1.54) is 0 Å². The zero-order valence-corrected chi connectivity index (χ0v) is 8.88. The van der Waals surface area contributed by atoms with Gasteiger partial charge >= 0.3 is 12.6 Å². The van der Waals surface area contributed by atoms with Crippen molar-refractivity contribution in [2.75, 3.05) is 12.3 Å². The number of carbonyl (C=O) groups excluding carboxylic acids is 1. The minimum atomic E-state index is -3.17. The molecule has 0 bridgehead atoms. The predicted octanol–water partition coefficient (Wildman–Crippen LogP) is 2.19. The average Bonchev–Trinajstić information content (AvgIpc) is 2.22. The van der Waals surface area contributed by atoms with Gasteiger partial charge in [0.05, 0.1) is 17.9 Å². The Hall–Kier alpha value is -1.92. The van der Waals surface area contributed by atoms with Gasteiger partial charge in [-0.15, -0.1) is 0 Å². The molecule has 0 unspecified atom stereocenters. The van der Waals surface area contributed by atoms with Gasteiger partial charge in [0.15, 0.2) is 11.6 Å². The number of nitrogen functional groups attached to an aromatic ring is 1. The van der Waals surface area contributed by atoms with E-state index in [-0.39, 0.29) is 17.9 Å². The molecule has 0 fully saturated rings. The van der Waals surface area contributed by atoms with E-state index in [4.69, 9.17) is 5.73 Å². The summed E-state index contributed by atoms with van der Waals surface area (Å²) in [6.07, 6.45) is 0. The molecule has 0 amide bonds. The minimum absolute atomic E-state index is 0.0924. The Morgan fingerprint density at radius 1 is 1.47 bits per heavy atom.